The molecule has 0 radical (unpaired) electrons. The molecule has 2 aromatic heterocycles. The number of hydrogen-bond donors (Lipinski definition) is 2. The van der Waals surface area contributed by atoms with Gasteiger partial charge in [0, 0.05) is 75.9 Å². The lowest BCUT2D eigenvalue weighted by Gasteiger charge is -2.34. The van der Waals surface area contributed by atoms with E-state index < -0.39 is 0 Å². The maximum atomic E-state index is 12.5. The van der Waals surface area contributed by atoms with Crippen LogP contribution in [0.5, 0.6) is 0 Å². The Labute approximate surface area is 199 Å². The molecule has 0 saturated carbocycles. The number of halogens is 1. The number of anilines is 1. The molecule has 1 aliphatic rings. The molecule has 1 unspecified atom stereocenters. The Morgan fingerprint density at radius 1 is 1.20 bits per heavy atom. The molecule has 2 aromatic rings. The number of thiophene rings is 1. The number of carbonyl (C=O) groups is 1. The molecule has 3 rings (SSSR count). The zero-order valence-electron chi connectivity index (χ0n) is 17.5. The van der Waals surface area contributed by atoms with Gasteiger partial charge in [0.2, 0.25) is 11.9 Å². The van der Waals surface area contributed by atoms with Crippen molar-refractivity contribution in [3.63, 3.8) is 0 Å². The predicted octanol–water partition coefficient (Wildman–Crippen LogP) is 2.16. The SMILES string of the molecule is CN=C(NCCC(=O)N1CCN(c2ncccn2)CC1)NCC(C)c1cccs1.I. The van der Waals surface area contributed by atoms with Gasteiger partial charge >= 0.3 is 0 Å². The van der Waals surface area contributed by atoms with E-state index in [1.54, 1.807) is 30.8 Å². The van der Waals surface area contributed by atoms with Crippen LogP contribution in [0.4, 0.5) is 5.95 Å². The molecule has 0 spiro atoms. The second kappa shape index (κ2) is 12.7. The molecule has 8 nitrogen and oxygen atoms in total. The van der Waals surface area contributed by atoms with E-state index in [-0.39, 0.29) is 29.9 Å². The van der Waals surface area contributed by atoms with Crippen molar-refractivity contribution in [3.05, 3.63) is 40.8 Å². The average Bonchev–Trinajstić information content (AvgIpc) is 3.31. The Hall–Kier alpha value is -1.95. The number of piperazine rings is 1. The van der Waals surface area contributed by atoms with E-state index in [2.05, 4.69) is 54.9 Å². The van der Waals surface area contributed by atoms with E-state index in [9.17, 15) is 4.79 Å². The third-order valence-corrected chi connectivity index (χ3v) is 6.03. The molecule has 1 saturated heterocycles. The lowest BCUT2D eigenvalue weighted by Crippen LogP contribution is -2.50. The molecule has 2 N–H and O–H groups in total. The fraction of sp³-hybridized carbons (Fsp3) is 0.500. The summed E-state index contributed by atoms with van der Waals surface area (Å²) in [5.41, 5.74) is 0. The Kier molecular flexibility index (Phi) is 10.3. The predicted molar refractivity (Wildman–Crippen MR) is 133 cm³/mol. The van der Waals surface area contributed by atoms with Gasteiger partial charge < -0.3 is 20.4 Å². The van der Waals surface area contributed by atoms with Gasteiger partial charge in [-0.25, -0.2) is 9.97 Å². The quantitative estimate of drug-likeness (QED) is 0.317. The van der Waals surface area contributed by atoms with Crippen molar-refractivity contribution in [2.45, 2.75) is 19.3 Å². The first-order valence-corrected chi connectivity index (χ1v) is 10.8. The minimum atomic E-state index is 0. The largest absolute Gasteiger partial charge is 0.356 e. The summed E-state index contributed by atoms with van der Waals surface area (Å²) in [7, 11) is 1.75. The number of aliphatic imine (C=N–C) groups is 1. The van der Waals surface area contributed by atoms with Crippen LogP contribution in [0.1, 0.15) is 24.1 Å². The third kappa shape index (κ3) is 7.08. The number of hydrogen-bond acceptors (Lipinski definition) is 6. The van der Waals surface area contributed by atoms with Crippen LogP contribution in [0.2, 0.25) is 0 Å². The van der Waals surface area contributed by atoms with E-state index >= 15 is 0 Å². The van der Waals surface area contributed by atoms with Gasteiger partial charge in [0.1, 0.15) is 0 Å². The monoisotopic (exact) mass is 543 g/mol. The lowest BCUT2D eigenvalue weighted by atomic mass is 10.1. The highest BCUT2D eigenvalue weighted by atomic mass is 127. The summed E-state index contributed by atoms with van der Waals surface area (Å²) >= 11 is 1.76. The van der Waals surface area contributed by atoms with Gasteiger partial charge in [0.05, 0.1) is 0 Å². The first-order valence-electron chi connectivity index (χ1n) is 9.95. The molecule has 0 aromatic carbocycles. The van der Waals surface area contributed by atoms with Crippen molar-refractivity contribution in [3.8, 4) is 0 Å². The summed E-state index contributed by atoms with van der Waals surface area (Å²) in [5.74, 6) is 2.04. The van der Waals surface area contributed by atoms with Gasteiger partial charge in [-0.3, -0.25) is 9.79 Å². The van der Waals surface area contributed by atoms with Crippen LogP contribution in [0.3, 0.4) is 0 Å². The van der Waals surface area contributed by atoms with Crippen LogP contribution in [0, 0.1) is 0 Å². The Balaban J connectivity index is 0.00000320. The Morgan fingerprint density at radius 3 is 2.57 bits per heavy atom. The van der Waals surface area contributed by atoms with Crippen molar-refractivity contribution >= 4 is 53.1 Å². The smallest absolute Gasteiger partial charge is 0.225 e. The van der Waals surface area contributed by atoms with Crippen molar-refractivity contribution < 1.29 is 4.79 Å². The van der Waals surface area contributed by atoms with Crippen molar-refractivity contribution in [2.24, 2.45) is 4.99 Å². The molecule has 0 aliphatic carbocycles. The highest BCUT2D eigenvalue weighted by molar-refractivity contribution is 14.0. The summed E-state index contributed by atoms with van der Waals surface area (Å²) in [6.45, 7) is 6.46. The third-order valence-electron chi connectivity index (χ3n) is 4.93. The summed E-state index contributed by atoms with van der Waals surface area (Å²) in [6.07, 6.45) is 3.93. The number of nitrogens with zero attached hydrogens (tertiary/aromatic N) is 5. The molecule has 1 amide bonds. The standard InChI is InChI=1S/C20H29N7OS.HI/c1-16(17-5-3-14-29-17)15-25-19(21-2)22-9-6-18(28)26-10-12-27(13-11-26)20-23-7-4-8-24-20;/h3-5,7-8,14,16H,6,9-13,15H2,1-2H3,(H2,21,22,25);1H. The van der Waals surface area contributed by atoms with E-state index in [4.69, 9.17) is 0 Å². The molecule has 1 atom stereocenters. The van der Waals surface area contributed by atoms with Crippen molar-refractivity contribution in [1.82, 2.24) is 25.5 Å². The Bertz CT molecular complexity index is 780. The first kappa shape index (κ1) is 24.3. The molecule has 1 aliphatic heterocycles. The summed E-state index contributed by atoms with van der Waals surface area (Å²) in [6, 6.07) is 6.03. The molecular formula is C20H30IN7OS. The Morgan fingerprint density at radius 2 is 1.93 bits per heavy atom. The van der Waals surface area contributed by atoms with Gasteiger partial charge in [0.25, 0.3) is 0 Å². The fourth-order valence-corrected chi connectivity index (χ4v) is 3.99. The minimum absolute atomic E-state index is 0. The first-order chi connectivity index (χ1) is 14.2. The second-order valence-electron chi connectivity index (χ2n) is 6.96. The molecular weight excluding hydrogens is 513 g/mol. The van der Waals surface area contributed by atoms with Crippen molar-refractivity contribution in [1.29, 1.82) is 0 Å². The molecule has 0 bridgehead atoms. The molecule has 164 valence electrons. The van der Waals surface area contributed by atoms with Gasteiger partial charge in [-0.2, -0.15) is 0 Å². The summed E-state index contributed by atoms with van der Waals surface area (Å²) in [5, 5.41) is 8.67. The zero-order chi connectivity index (χ0) is 20.5. The molecule has 3 heterocycles. The molecule has 10 heteroatoms. The van der Waals surface area contributed by atoms with Crippen LogP contribution in [0.15, 0.2) is 41.0 Å². The van der Waals surface area contributed by atoms with Crippen LogP contribution < -0.4 is 15.5 Å². The van der Waals surface area contributed by atoms with Crippen LogP contribution >= 0.6 is 35.3 Å². The van der Waals surface area contributed by atoms with E-state index in [0.29, 0.717) is 32.0 Å². The van der Waals surface area contributed by atoms with E-state index in [1.165, 1.54) is 4.88 Å². The number of aromatic nitrogens is 2. The lowest BCUT2D eigenvalue weighted by molar-refractivity contribution is -0.131. The van der Waals surface area contributed by atoms with Crippen LogP contribution in [-0.2, 0) is 4.79 Å². The van der Waals surface area contributed by atoms with Gasteiger partial charge in [-0.1, -0.05) is 13.0 Å². The summed E-state index contributed by atoms with van der Waals surface area (Å²) < 4.78 is 0. The second-order valence-corrected chi connectivity index (χ2v) is 7.94. The highest BCUT2D eigenvalue weighted by Crippen LogP contribution is 2.19. The fourth-order valence-electron chi connectivity index (χ4n) is 3.20. The minimum Gasteiger partial charge on any atom is -0.356 e. The average molecular weight is 543 g/mol. The highest BCUT2D eigenvalue weighted by Gasteiger charge is 2.22. The molecule has 30 heavy (non-hydrogen) atoms. The van der Waals surface area contributed by atoms with Crippen LogP contribution in [-0.4, -0.2) is 73.1 Å². The summed E-state index contributed by atoms with van der Waals surface area (Å²) in [4.78, 5) is 30.7. The molecule has 1 fully saturated rings. The number of amides is 1. The van der Waals surface area contributed by atoms with Crippen molar-refractivity contribution in [2.75, 3.05) is 51.2 Å². The number of rotatable bonds is 7. The van der Waals surface area contributed by atoms with Crippen LogP contribution in [0.25, 0.3) is 0 Å². The number of carbonyl (C=O) groups excluding carboxylic acids is 1. The zero-order valence-corrected chi connectivity index (χ0v) is 20.6. The van der Waals surface area contributed by atoms with E-state index in [0.717, 1.165) is 31.5 Å². The van der Waals surface area contributed by atoms with Gasteiger partial charge in [0.15, 0.2) is 5.96 Å². The maximum Gasteiger partial charge on any atom is 0.225 e. The maximum absolute atomic E-state index is 12.5. The van der Waals surface area contributed by atoms with Gasteiger partial charge in [-0.15, -0.1) is 35.3 Å². The number of guanidine groups is 1. The normalized spacial score (nSPS) is 15.3. The van der Waals surface area contributed by atoms with E-state index in [1.807, 2.05) is 11.0 Å². The topological polar surface area (TPSA) is 85.8 Å². The van der Waals surface area contributed by atoms with Gasteiger partial charge in [-0.05, 0) is 17.5 Å². The number of nitrogens with one attached hydrogen (secondary N) is 2.